The van der Waals surface area contributed by atoms with E-state index in [-0.39, 0.29) is 11.2 Å². The summed E-state index contributed by atoms with van der Waals surface area (Å²) in [6.45, 7) is 6.71. The molecule has 2 N–H and O–H groups in total. The smallest absolute Gasteiger partial charge is 0.358 e. The summed E-state index contributed by atoms with van der Waals surface area (Å²) in [6.07, 6.45) is 0.979. The van der Waals surface area contributed by atoms with Crippen LogP contribution in [0.2, 0.25) is 0 Å². The Morgan fingerprint density at radius 1 is 1.67 bits per heavy atom. The van der Waals surface area contributed by atoms with Gasteiger partial charge in [-0.3, -0.25) is 0 Å². The molecule has 0 aliphatic rings. The fourth-order valence-corrected chi connectivity index (χ4v) is 0.948. The van der Waals surface area contributed by atoms with Crippen LogP contribution >= 0.6 is 0 Å². The Kier molecular flexibility index (Phi) is 3.47. The predicted molar refractivity (Wildman–Crippen MR) is 54.7 cm³/mol. The van der Waals surface area contributed by atoms with Crippen molar-refractivity contribution in [2.75, 3.05) is 0 Å². The second-order valence-corrected chi connectivity index (χ2v) is 4.07. The third-order valence-corrected chi connectivity index (χ3v) is 2.40. The van der Waals surface area contributed by atoms with Crippen LogP contribution in [0.1, 0.15) is 43.4 Å². The number of hydrogen-bond donors (Lipinski definition) is 2. The van der Waals surface area contributed by atoms with Gasteiger partial charge in [-0.25, -0.2) is 4.79 Å². The Hall–Kier alpha value is -1.36. The highest BCUT2D eigenvalue weighted by atomic mass is 16.5. The van der Waals surface area contributed by atoms with Crippen LogP contribution in [-0.4, -0.2) is 21.8 Å². The van der Waals surface area contributed by atoms with E-state index in [2.05, 4.69) is 31.2 Å². The monoisotopic (exact) mass is 212 g/mol. The average molecular weight is 212 g/mol. The Morgan fingerprint density at radius 3 is 2.80 bits per heavy atom. The van der Waals surface area contributed by atoms with Crippen molar-refractivity contribution in [2.24, 2.45) is 0 Å². The average Bonchev–Trinajstić information content (AvgIpc) is 2.63. The lowest BCUT2D eigenvalue weighted by atomic mass is 10.0. The Labute approximate surface area is 88.5 Å². The summed E-state index contributed by atoms with van der Waals surface area (Å²) < 4.78 is 4.87. The van der Waals surface area contributed by atoms with Crippen LogP contribution in [0.15, 0.2) is 10.6 Å². The van der Waals surface area contributed by atoms with E-state index in [0.717, 1.165) is 6.42 Å². The minimum Gasteiger partial charge on any atom is -0.476 e. The molecule has 0 atom stereocenters. The zero-order valence-corrected chi connectivity index (χ0v) is 9.20. The van der Waals surface area contributed by atoms with Gasteiger partial charge in [-0.15, -0.1) is 0 Å². The standard InChI is InChI=1S/C10H16N2O3/c1-4-10(2,3)11-6-7-5-8(9(13)14)12-15-7/h5,11H,4,6H2,1-3H3,(H,13,14). The zero-order chi connectivity index (χ0) is 11.5. The molecule has 5 nitrogen and oxygen atoms in total. The van der Waals surface area contributed by atoms with Gasteiger partial charge in [0.05, 0.1) is 6.54 Å². The maximum atomic E-state index is 10.5. The Morgan fingerprint density at radius 2 is 2.33 bits per heavy atom. The molecule has 0 unspecified atom stereocenters. The van der Waals surface area contributed by atoms with Crippen molar-refractivity contribution in [1.82, 2.24) is 10.5 Å². The summed E-state index contributed by atoms with van der Waals surface area (Å²) in [7, 11) is 0. The number of hydrogen-bond acceptors (Lipinski definition) is 4. The maximum Gasteiger partial charge on any atom is 0.358 e. The van der Waals surface area contributed by atoms with Crippen LogP contribution in [0, 0.1) is 0 Å². The molecule has 0 aliphatic heterocycles. The number of rotatable bonds is 5. The van der Waals surface area contributed by atoms with Crippen LogP contribution < -0.4 is 5.32 Å². The molecule has 0 fully saturated rings. The molecular formula is C10H16N2O3. The normalized spacial score (nSPS) is 11.7. The summed E-state index contributed by atoms with van der Waals surface area (Å²) >= 11 is 0. The van der Waals surface area contributed by atoms with Gasteiger partial charge >= 0.3 is 5.97 Å². The molecule has 5 heteroatoms. The van der Waals surface area contributed by atoms with E-state index in [0.29, 0.717) is 12.3 Å². The topological polar surface area (TPSA) is 75.4 Å². The molecule has 1 aromatic heterocycles. The first kappa shape index (κ1) is 11.7. The second kappa shape index (κ2) is 4.44. The number of aromatic nitrogens is 1. The molecule has 0 aliphatic carbocycles. The summed E-state index contributed by atoms with van der Waals surface area (Å²) in [5, 5.41) is 15.3. The van der Waals surface area contributed by atoms with Crippen molar-refractivity contribution in [2.45, 2.75) is 39.3 Å². The lowest BCUT2D eigenvalue weighted by molar-refractivity contribution is 0.0685. The Balaban J connectivity index is 2.55. The van der Waals surface area contributed by atoms with Gasteiger partial charge in [-0.1, -0.05) is 12.1 Å². The summed E-state index contributed by atoms with van der Waals surface area (Å²) in [5.74, 6) is -0.534. The van der Waals surface area contributed by atoms with E-state index < -0.39 is 5.97 Å². The van der Waals surface area contributed by atoms with Gasteiger partial charge in [0.15, 0.2) is 11.5 Å². The highest BCUT2D eigenvalue weighted by Crippen LogP contribution is 2.10. The molecule has 0 spiro atoms. The lowest BCUT2D eigenvalue weighted by Crippen LogP contribution is -2.37. The highest BCUT2D eigenvalue weighted by Gasteiger charge is 2.16. The first-order valence-electron chi connectivity index (χ1n) is 4.88. The molecule has 1 rings (SSSR count). The molecule has 0 amide bonds. The van der Waals surface area contributed by atoms with Crippen LogP contribution in [-0.2, 0) is 6.54 Å². The van der Waals surface area contributed by atoms with Crippen molar-refractivity contribution in [3.63, 3.8) is 0 Å². The quantitative estimate of drug-likeness (QED) is 0.776. The molecule has 0 saturated heterocycles. The van der Waals surface area contributed by atoms with Gasteiger partial charge < -0.3 is 14.9 Å². The number of nitrogens with zero attached hydrogens (tertiary/aromatic N) is 1. The lowest BCUT2D eigenvalue weighted by Gasteiger charge is -2.23. The third-order valence-electron chi connectivity index (χ3n) is 2.40. The van der Waals surface area contributed by atoms with E-state index in [9.17, 15) is 4.79 Å². The first-order valence-corrected chi connectivity index (χ1v) is 4.88. The van der Waals surface area contributed by atoms with E-state index in [1.54, 1.807) is 0 Å². The van der Waals surface area contributed by atoms with Crippen molar-refractivity contribution < 1.29 is 14.4 Å². The summed E-state index contributed by atoms with van der Waals surface area (Å²) in [6, 6.07) is 1.43. The summed E-state index contributed by atoms with van der Waals surface area (Å²) in [4.78, 5) is 10.5. The molecule has 15 heavy (non-hydrogen) atoms. The number of carboxylic acids is 1. The number of carbonyl (C=O) groups is 1. The Bertz CT molecular complexity index is 344. The predicted octanol–water partition coefficient (Wildman–Crippen LogP) is 1.65. The largest absolute Gasteiger partial charge is 0.476 e. The fourth-order valence-electron chi connectivity index (χ4n) is 0.948. The number of carboxylic acid groups (broad SMARTS) is 1. The SMILES string of the molecule is CCC(C)(C)NCc1cc(C(=O)O)no1. The number of nitrogens with one attached hydrogen (secondary N) is 1. The molecule has 0 radical (unpaired) electrons. The second-order valence-electron chi connectivity index (χ2n) is 4.07. The van der Waals surface area contributed by atoms with E-state index in [1.165, 1.54) is 6.07 Å². The maximum absolute atomic E-state index is 10.5. The van der Waals surface area contributed by atoms with Crippen LogP contribution in [0.5, 0.6) is 0 Å². The van der Waals surface area contributed by atoms with Gasteiger partial charge in [-0.05, 0) is 20.3 Å². The van der Waals surface area contributed by atoms with Crippen molar-refractivity contribution in [1.29, 1.82) is 0 Å². The molecule has 84 valence electrons. The molecular weight excluding hydrogens is 196 g/mol. The fraction of sp³-hybridized carbons (Fsp3) is 0.600. The molecule has 0 bridgehead atoms. The van der Waals surface area contributed by atoms with Crippen molar-refractivity contribution >= 4 is 5.97 Å². The van der Waals surface area contributed by atoms with E-state index >= 15 is 0 Å². The van der Waals surface area contributed by atoms with E-state index in [4.69, 9.17) is 9.63 Å². The highest BCUT2D eigenvalue weighted by molar-refractivity contribution is 5.85. The molecule has 0 aromatic carbocycles. The van der Waals surface area contributed by atoms with Crippen LogP contribution in [0.3, 0.4) is 0 Å². The van der Waals surface area contributed by atoms with Crippen LogP contribution in [0.4, 0.5) is 0 Å². The van der Waals surface area contributed by atoms with E-state index in [1.807, 2.05) is 0 Å². The van der Waals surface area contributed by atoms with Crippen molar-refractivity contribution in [3.8, 4) is 0 Å². The van der Waals surface area contributed by atoms with Gasteiger partial charge in [-0.2, -0.15) is 0 Å². The minimum atomic E-state index is -1.07. The van der Waals surface area contributed by atoms with Gasteiger partial charge in [0.2, 0.25) is 0 Å². The van der Waals surface area contributed by atoms with Crippen LogP contribution in [0.25, 0.3) is 0 Å². The molecule has 1 heterocycles. The van der Waals surface area contributed by atoms with Gasteiger partial charge in [0, 0.05) is 11.6 Å². The molecule has 0 saturated carbocycles. The third kappa shape index (κ3) is 3.36. The number of aromatic carboxylic acids is 1. The first-order chi connectivity index (χ1) is 6.94. The molecule has 1 aromatic rings. The summed E-state index contributed by atoms with van der Waals surface area (Å²) in [5.41, 5.74) is -0.0444. The van der Waals surface area contributed by atoms with Crippen molar-refractivity contribution in [3.05, 3.63) is 17.5 Å². The zero-order valence-electron chi connectivity index (χ0n) is 9.20. The van der Waals surface area contributed by atoms with Gasteiger partial charge in [0.25, 0.3) is 0 Å². The van der Waals surface area contributed by atoms with Gasteiger partial charge in [0.1, 0.15) is 0 Å². The minimum absolute atomic E-state index is 0.0101.